The van der Waals surface area contributed by atoms with Crippen molar-refractivity contribution in [2.75, 3.05) is 39.8 Å². The van der Waals surface area contributed by atoms with Crippen molar-refractivity contribution >= 4 is 5.91 Å². The number of amides is 1. The van der Waals surface area contributed by atoms with Crippen molar-refractivity contribution in [1.29, 1.82) is 0 Å². The Labute approximate surface area is 174 Å². The lowest BCUT2D eigenvalue weighted by atomic mass is 10.0. The Bertz CT molecular complexity index is 581. The Hall–Kier alpha value is -0.770. The van der Waals surface area contributed by atoms with Gasteiger partial charge in [-0.3, -0.25) is 4.79 Å². The van der Waals surface area contributed by atoms with Crippen molar-refractivity contribution in [2.45, 2.75) is 88.9 Å². The number of methoxy groups -OCH3 is 1. The lowest BCUT2D eigenvalue weighted by molar-refractivity contribution is -0.228. The third kappa shape index (κ3) is 4.78. The fraction of sp³-hybridized carbons (Fsp3) is 0.952. The van der Waals surface area contributed by atoms with Gasteiger partial charge in [0.2, 0.25) is 5.91 Å². The van der Waals surface area contributed by atoms with E-state index in [0.717, 1.165) is 51.9 Å². The molecule has 0 aromatic carbocycles. The molecular formula is C21H37N3O5. The van der Waals surface area contributed by atoms with Crippen molar-refractivity contribution in [1.82, 2.24) is 15.1 Å². The van der Waals surface area contributed by atoms with E-state index in [1.165, 1.54) is 0 Å². The number of hydrogen-bond acceptors (Lipinski definition) is 7. The van der Waals surface area contributed by atoms with E-state index in [-0.39, 0.29) is 30.5 Å². The van der Waals surface area contributed by atoms with Crippen LogP contribution in [0.4, 0.5) is 0 Å². The van der Waals surface area contributed by atoms with Crippen molar-refractivity contribution in [2.24, 2.45) is 0 Å². The number of ether oxygens (including phenoxy) is 4. The van der Waals surface area contributed by atoms with Gasteiger partial charge >= 0.3 is 0 Å². The molecule has 0 unspecified atom stereocenters. The summed E-state index contributed by atoms with van der Waals surface area (Å²) in [5, 5.41) is 3.48. The topological polar surface area (TPSA) is 72.5 Å². The molecule has 4 heterocycles. The average molecular weight is 412 g/mol. The van der Waals surface area contributed by atoms with Crippen LogP contribution in [0.25, 0.3) is 0 Å². The highest BCUT2D eigenvalue weighted by Crippen LogP contribution is 2.39. The molecule has 0 radical (unpaired) electrons. The van der Waals surface area contributed by atoms with Crippen LogP contribution < -0.4 is 5.32 Å². The molecule has 0 bridgehead atoms. The molecule has 0 saturated carbocycles. The van der Waals surface area contributed by atoms with Crippen LogP contribution in [0, 0.1) is 0 Å². The summed E-state index contributed by atoms with van der Waals surface area (Å²) in [5.41, 5.74) is 0. The molecule has 166 valence electrons. The molecule has 4 saturated heterocycles. The summed E-state index contributed by atoms with van der Waals surface area (Å²) < 4.78 is 23.6. The molecule has 4 fully saturated rings. The fourth-order valence-corrected chi connectivity index (χ4v) is 5.19. The van der Waals surface area contributed by atoms with Gasteiger partial charge in [0, 0.05) is 32.3 Å². The lowest BCUT2D eigenvalue weighted by Gasteiger charge is -2.35. The Balaban J connectivity index is 1.21. The normalized spacial score (nSPS) is 37.9. The molecule has 0 aromatic rings. The second-order valence-electron chi connectivity index (χ2n) is 9.38. The first-order valence-corrected chi connectivity index (χ1v) is 11.2. The number of piperidine rings is 1. The van der Waals surface area contributed by atoms with Crippen LogP contribution in [0.2, 0.25) is 0 Å². The van der Waals surface area contributed by atoms with Gasteiger partial charge in [0.15, 0.2) is 12.1 Å². The molecule has 4 aliphatic heterocycles. The molecule has 0 aromatic heterocycles. The first-order chi connectivity index (χ1) is 13.9. The smallest absolute Gasteiger partial charge is 0.236 e. The van der Waals surface area contributed by atoms with E-state index < -0.39 is 5.79 Å². The lowest BCUT2D eigenvalue weighted by Crippen LogP contribution is -2.49. The van der Waals surface area contributed by atoms with Crippen LogP contribution in [-0.4, -0.2) is 98.0 Å². The maximum atomic E-state index is 12.4. The Morgan fingerprint density at radius 3 is 2.52 bits per heavy atom. The van der Waals surface area contributed by atoms with Gasteiger partial charge in [-0.05, 0) is 59.5 Å². The minimum atomic E-state index is -0.593. The van der Waals surface area contributed by atoms with E-state index in [4.69, 9.17) is 18.9 Å². The standard InChI is InChI=1S/C21H37N3O5/c1-14-6-5-9-24(14)17(25)12-22-15-7-10-23(11-8-15)13-16-18-19(20(26-4)27-16)29-21(2,3)28-18/h14-16,18-20,22H,5-13H2,1-4H3/t14-,16-,18-,19-,20-/m1/s1. The maximum absolute atomic E-state index is 12.4. The highest BCUT2D eigenvalue weighted by Gasteiger charge is 2.55. The summed E-state index contributed by atoms with van der Waals surface area (Å²) in [7, 11) is 1.65. The van der Waals surface area contributed by atoms with Crippen LogP contribution in [0.15, 0.2) is 0 Å². The summed E-state index contributed by atoms with van der Waals surface area (Å²) in [6.07, 6.45) is 3.67. The van der Waals surface area contributed by atoms with Crippen molar-refractivity contribution in [3.63, 3.8) is 0 Å². The first kappa shape index (κ1) is 21.5. The molecule has 0 aliphatic carbocycles. The van der Waals surface area contributed by atoms with Crippen LogP contribution in [0.5, 0.6) is 0 Å². The van der Waals surface area contributed by atoms with Gasteiger partial charge < -0.3 is 34.1 Å². The molecule has 4 rings (SSSR count). The number of fused-ring (bicyclic) bond motifs is 1. The van der Waals surface area contributed by atoms with Gasteiger partial charge in [-0.25, -0.2) is 0 Å². The molecule has 0 spiro atoms. The monoisotopic (exact) mass is 411 g/mol. The molecule has 8 nitrogen and oxygen atoms in total. The summed E-state index contributed by atoms with van der Waals surface area (Å²) >= 11 is 0. The molecular weight excluding hydrogens is 374 g/mol. The second-order valence-corrected chi connectivity index (χ2v) is 9.38. The van der Waals surface area contributed by atoms with Crippen molar-refractivity contribution in [3.05, 3.63) is 0 Å². The number of nitrogens with zero attached hydrogens (tertiary/aromatic N) is 2. The number of nitrogens with one attached hydrogen (secondary N) is 1. The van der Waals surface area contributed by atoms with E-state index >= 15 is 0 Å². The minimum absolute atomic E-state index is 0.0468. The van der Waals surface area contributed by atoms with Crippen LogP contribution in [-0.2, 0) is 23.7 Å². The van der Waals surface area contributed by atoms with Gasteiger partial charge in [0.1, 0.15) is 18.3 Å². The van der Waals surface area contributed by atoms with E-state index in [0.29, 0.717) is 18.6 Å². The Morgan fingerprint density at radius 1 is 1.14 bits per heavy atom. The van der Waals surface area contributed by atoms with E-state index in [1.807, 2.05) is 18.7 Å². The highest BCUT2D eigenvalue weighted by atomic mass is 16.8. The Morgan fingerprint density at radius 2 is 1.86 bits per heavy atom. The zero-order valence-electron chi connectivity index (χ0n) is 18.3. The molecule has 8 heteroatoms. The van der Waals surface area contributed by atoms with Gasteiger partial charge in [-0.15, -0.1) is 0 Å². The minimum Gasteiger partial charge on any atom is -0.353 e. The molecule has 1 N–H and O–H groups in total. The van der Waals surface area contributed by atoms with E-state index in [1.54, 1.807) is 7.11 Å². The van der Waals surface area contributed by atoms with Crippen LogP contribution >= 0.6 is 0 Å². The van der Waals surface area contributed by atoms with Gasteiger partial charge in [-0.1, -0.05) is 0 Å². The third-order valence-corrected chi connectivity index (χ3v) is 6.78. The van der Waals surface area contributed by atoms with E-state index in [2.05, 4.69) is 17.1 Å². The highest BCUT2D eigenvalue weighted by molar-refractivity contribution is 5.78. The fourth-order valence-electron chi connectivity index (χ4n) is 5.19. The zero-order chi connectivity index (χ0) is 20.6. The number of hydrogen-bond donors (Lipinski definition) is 1. The van der Waals surface area contributed by atoms with E-state index in [9.17, 15) is 4.79 Å². The second kappa shape index (κ2) is 8.77. The SMILES string of the molecule is CO[C@@H]1O[C@H](CN2CCC(NCC(=O)N3CCC[C@H]3C)CC2)[C@H]2OC(C)(C)O[C@@H]12. The average Bonchev–Trinajstić information content (AvgIpc) is 3.34. The summed E-state index contributed by atoms with van der Waals surface area (Å²) in [6, 6.07) is 0.797. The van der Waals surface area contributed by atoms with Gasteiger partial charge in [0.25, 0.3) is 0 Å². The molecule has 4 aliphatic rings. The number of rotatable bonds is 6. The summed E-state index contributed by atoms with van der Waals surface area (Å²) in [5.74, 6) is -0.348. The number of carbonyl (C=O) groups excluding carboxylic acids is 1. The van der Waals surface area contributed by atoms with Gasteiger partial charge in [-0.2, -0.15) is 0 Å². The summed E-state index contributed by atoms with van der Waals surface area (Å²) in [6.45, 7) is 10.2. The van der Waals surface area contributed by atoms with Crippen LogP contribution in [0.1, 0.15) is 46.5 Å². The largest absolute Gasteiger partial charge is 0.353 e. The van der Waals surface area contributed by atoms with Gasteiger partial charge in [0.05, 0.1) is 6.54 Å². The quantitative estimate of drug-likeness (QED) is 0.697. The molecule has 1 amide bonds. The number of likely N-dealkylation sites (tertiary alicyclic amines) is 2. The third-order valence-electron chi connectivity index (χ3n) is 6.78. The van der Waals surface area contributed by atoms with Crippen LogP contribution in [0.3, 0.4) is 0 Å². The maximum Gasteiger partial charge on any atom is 0.236 e. The predicted octanol–water partition coefficient (Wildman–Crippen LogP) is 0.943. The van der Waals surface area contributed by atoms with Crippen molar-refractivity contribution < 1.29 is 23.7 Å². The number of carbonyl (C=O) groups is 1. The first-order valence-electron chi connectivity index (χ1n) is 11.2. The predicted molar refractivity (Wildman–Crippen MR) is 107 cm³/mol. The Kier molecular flexibility index (Phi) is 6.49. The summed E-state index contributed by atoms with van der Waals surface area (Å²) in [4.78, 5) is 16.9. The molecule has 29 heavy (non-hydrogen) atoms. The zero-order valence-corrected chi connectivity index (χ0v) is 18.3. The van der Waals surface area contributed by atoms with Crippen molar-refractivity contribution in [3.8, 4) is 0 Å². The molecule has 5 atom stereocenters.